The van der Waals surface area contributed by atoms with Gasteiger partial charge in [-0.05, 0) is 56.8 Å². The molecule has 3 aliphatic carbocycles. The van der Waals surface area contributed by atoms with Crippen LogP contribution in [0.2, 0.25) is 0 Å². The van der Waals surface area contributed by atoms with Gasteiger partial charge >= 0.3 is 0 Å². The van der Waals surface area contributed by atoms with Crippen molar-refractivity contribution in [3.05, 3.63) is 17.6 Å². The SMILES string of the molecule is Cc1cc(NC2C3C4CCC(C4)C23)nc(C)n1. The molecule has 0 aromatic carbocycles. The first kappa shape index (κ1) is 9.86. The summed E-state index contributed by atoms with van der Waals surface area (Å²) in [5.74, 6) is 5.88. The molecule has 2 bridgehead atoms. The van der Waals surface area contributed by atoms with Crippen molar-refractivity contribution in [2.75, 3.05) is 5.32 Å². The molecule has 3 nitrogen and oxygen atoms in total. The van der Waals surface area contributed by atoms with Gasteiger partial charge in [-0.3, -0.25) is 0 Å². The predicted molar refractivity (Wildman–Crippen MR) is 66.7 cm³/mol. The van der Waals surface area contributed by atoms with E-state index in [9.17, 15) is 0 Å². The zero-order valence-electron chi connectivity index (χ0n) is 10.5. The van der Waals surface area contributed by atoms with Crippen molar-refractivity contribution in [3.8, 4) is 0 Å². The molecule has 0 aliphatic heterocycles. The molecule has 3 heteroatoms. The zero-order chi connectivity index (χ0) is 11.6. The van der Waals surface area contributed by atoms with Crippen LogP contribution in [0.15, 0.2) is 6.07 Å². The van der Waals surface area contributed by atoms with Gasteiger partial charge in [-0.25, -0.2) is 9.97 Å². The van der Waals surface area contributed by atoms with Gasteiger partial charge in [0.1, 0.15) is 11.6 Å². The number of aryl methyl sites for hydroxylation is 2. The van der Waals surface area contributed by atoms with Gasteiger partial charge in [0.25, 0.3) is 0 Å². The molecule has 1 heterocycles. The third kappa shape index (κ3) is 1.41. The van der Waals surface area contributed by atoms with Crippen LogP contribution in [0.4, 0.5) is 5.82 Å². The summed E-state index contributed by atoms with van der Waals surface area (Å²) >= 11 is 0. The number of rotatable bonds is 2. The highest BCUT2D eigenvalue weighted by atomic mass is 15.1. The van der Waals surface area contributed by atoms with Crippen LogP contribution >= 0.6 is 0 Å². The van der Waals surface area contributed by atoms with E-state index < -0.39 is 0 Å². The number of hydrogen-bond acceptors (Lipinski definition) is 3. The van der Waals surface area contributed by atoms with E-state index in [4.69, 9.17) is 0 Å². The topological polar surface area (TPSA) is 37.8 Å². The van der Waals surface area contributed by atoms with Crippen LogP contribution in [-0.4, -0.2) is 16.0 Å². The molecule has 1 N–H and O–H groups in total. The summed E-state index contributed by atoms with van der Waals surface area (Å²) in [5.41, 5.74) is 1.06. The largest absolute Gasteiger partial charge is 0.367 e. The molecule has 4 unspecified atom stereocenters. The summed E-state index contributed by atoms with van der Waals surface area (Å²) in [6.07, 6.45) is 4.47. The molecule has 4 rings (SSSR count). The van der Waals surface area contributed by atoms with Crippen LogP contribution in [0.3, 0.4) is 0 Å². The highest BCUT2D eigenvalue weighted by molar-refractivity contribution is 5.41. The fraction of sp³-hybridized carbons (Fsp3) is 0.714. The number of anilines is 1. The Bertz CT molecular complexity index is 434. The zero-order valence-corrected chi connectivity index (χ0v) is 10.5. The van der Waals surface area contributed by atoms with Crippen molar-refractivity contribution in [2.45, 2.75) is 39.2 Å². The predicted octanol–water partition coefficient (Wildman–Crippen LogP) is 2.55. The molecule has 17 heavy (non-hydrogen) atoms. The summed E-state index contributed by atoms with van der Waals surface area (Å²) in [5, 5.41) is 3.65. The fourth-order valence-electron chi connectivity index (χ4n) is 4.48. The minimum Gasteiger partial charge on any atom is -0.367 e. The Morgan fingerprint density at radius 3 is 2.47 bits per heavy atom. The van der Waals surface area contributed by atoms with E-state index in [1.807, 2.05) is 13.8 Å². The fourth-order valence-corrected chi connectivity index (χ4v) is 4.48. The molecule has 0 radical (unpaired) electrons. The van der Waals surface area contributed by atoms with Crippen LogP contribution < -0.4 is 5.32 Å². The van der Waals surface area contributed by atoms with Crippen LogP contribution in [0.25, 0.3) is 0 Å². The van der Waals surface area contributed by atoms with Crippen molar-refractivity contribution in [3.63, 3.8) is 0 Å². The summed E-state index contributed by atoms with van der Waals surface area (Å²) in [4.78, 5) is 8.82. The first-order valence-electron chi connectivity index (χ1n) is 6.81. The number of fused-ring (bicyclic) bond motifs is 5. The van der Waals surface area contributed by atoms with E-state index in [1.165, 1.54) is 19.3 Å². The molecule has 0 saturated heterocycles. The third-order valence-electron chi connectivity index (χ3n) is 5.02. The molecule has 0 spiro atoms. The molecule has 90 valence electrons. The molecule has 1 aromatic heterocycles. The Morgan fingerprint density at radius 2 is 1.82 bits per heavy atom. The van der Waals surface area contributed by atoms with E-state index in [0.29, 0.717) is 0 Å². The minimum atomic E-state index is 0.718. The first-order valence-corrected chi connectivity index (χ1v) is 6.81. The normalized spacial score (nSPS) is 41.4. The number of aromatic nitrogens is 2. The molecule has 3 saturated carbocycles. The quantitative estimate of drug-likeness (QED) is 0.847. The van der Waals surface area contributed by atoms with Crippen molar-refractivity contribution in [1.82, 2.24) is 9.97 Å². The lowest BCUT2D eigenvalue weighted by Crippen LogP contribution is -2.14. The van der Waals surface area contributed by atoms with Gasteiger partial charge in [0.05, 0.1) is 0 Å². The number of nitrogens with zero attached hydrogens (tertiary/aromatic N) is 2. The molecule has 4 atom stereocenters. The van der Waals surface area contributed by atoms with Crippen LogP contribution in [0.5, 0.6) is 0 Å². The van der Waals surface area contributed by atoms with Gasteiger partial charge < -0.3 is 5.32 Å². The van der Waals surface area contributed by atoms with Crippen molar-refractivity contribution < 1.29 is 0 Å². The minimum absolute atomic E-state index is 0.718. The Morgan fingerprint density at radius 1 is 1.12 bits per heavy atom. The Labute approximate surface area is 102 Å². The van der Waals surface area contributed by atoms with Crippen LogP contribution in [0, 0.1) is 37.5 Å². The van der Waals surface area contributed by atoms with Gasteiger partial charge in [0.15, 0.2) is 0 Å². The van der Waals surface area contributed by atoms with E-state index in [1.54, 1.807) is 0 Å². The molecule has 1 aromatic rings. The maximum atomic E-state index is 4.49. The Kier molecular flexibility index (Phi) is 1.86. The average Bonchev–Trinajstić information content (AvgIpc) is 2.69. The summed E-state index contributed by atoms with van der Waals surface area (Å²) in [6, 6.07) is 2.79. The van der Waals surface area contributed by atoms with Gasteiger partial charge in [-0.15, -0.1) is 0 Å². The first-order chi connectivity index (χ1) is 8.22. The number of nitrogens with one attached hydrogen (secondary N) is 1. The van der Waals surface area contributed by atoms with Gasteiger partial charge in [0, 0.05) is 17.8 Å². The van der Waals surface area contributed by atoms with E-state index in [-0.39, 0.29) is 0 Å². The maximum absolute atomic E-state index is 4.49. The number of hydrogen-bond donors (Lipinski definition) is 1. The standard InChI is InChI=1S/C14H19N3/c1-7-5-11(16-8(2)15-7)17-14-12-9-3-4-10(6-9)13(12)14/h5,9-10,12-14H,3-4,6H2,1-2H3,(H,15,16,17). The van der Waals surface area contributed by atoms with Gasteiger partial charge in [0.2, 0.25) is 0 Å². The van der Waals surface area contributed by atoms with E-state index in [2.05, 4.69) is 21.4 Å². The Hall–Kier alpha value is -1.12. The van der Waals surface area contributed by atoms with Crippen LogP contribution in [0.1, 0.15) is 30.8 Å². The van der Waals surface area contributed by atoms with Gasteiger partial charge in [-0.2, -0.15) is 0 Å². The molecular formula is C14H19N3. The maximum Gasteiger partial charge on any atom is 0.130 e. The second-order valence-electron chi connectivity index (χ2n) is 6.10. The molecule has 3 fully saturated rings. The molecular weight excluding hydrogens is 210 g/mol. The molecule has 3 aliphatic rings. The highest BCUT2D eigenvalue weighted by Crippen LogP contribution is 2.66. The van der Waals surface area contributed by atoms with Crippen molar-refractivity contribution >= 4 is 5.82 Å². The van der Waals surface area contributed by atoms with Crippen molar-refractivity contribution in [1.29, 1.82) is 0 Å². The lowest BCUT2D eigenvalue weighted by Gasteiger charge is -2.11. The lowest BCUT2D eigenvalue weighted by atomic mass is 10.0. The highest BCUT2D eigenvalue weighted by Gasteiger charge is 2.65. The third-order valence-corrected chi connectivity index (χ3v) is 5.02. The molecule has 0 amide bonds. The van der Waals surface area contributed by atoms with Crippen molar-refractivity contribution in [2.24, 2.45) is 23.7 Å². The van der Waals surface area contributed by atoms with E-state index >= 15 is 0 Å². The van der Waals surface area contributed by atoms with E-state index in [0.717, 1.165) is 47.0 Å². The second kappa shape index (κ2) is 3.21. The average molecular weight is 229 g/mol. The smallest absolute Gasteiger partial charge is 0.130 e. The summed E-state index contributed by atoms with van der Waals surface area (Å²) < 4.78 is 0. The van der Waals surface area contributed by atoms with Crippen LogP contribution in [-0.2, 0) is 0 Å². The Balaban J connectivity index is 1.52. The van der Waals surface area contributed by atoms with Gasteiger partial charge in [-0.1, -0.05) is 0 Å². The summed E-state index contributed by atoms with van der Waals surface area (Å²) in [7, 11) is 0. The second-order valence-corrected chi connectivity index (χ2v) is 6.10. The monoisotopic (exact) mass is 229 g/mol. The lowest BCUT2D eigenvalue weighted by molar-refractivity contribution is 0.456. The summed E-state index contributed by atoms with van der Waals surface area (Å²) in [6.45, 7) is 4.01.